The van der Waals surface area contributed by atoms with E-state index < -0.39 is 0 Å². The Bertz CT molecular complexity index is 250. The minimum atomic E-state index is 0.256. The third kappa shape index (κ3) is 4.87. The molecule has 0 spiro atoms. The average Bonchev–Trinajstić information content (AvgIpc) is 2.90. The Kier molecular flexibility index (Phi) is 7.14. The number of amidine groups is 1. The maximum Gasteiger partial charge on any atom is 0.129 e. The molecule has 1 aliphatic rings. The van der Waals surface area contributed by atoms with Gasteiger partial charge in [-0.3, -0.25) is 5.43 Å². The molecule has 2 N–H and O–H groups in total. The monoisotopic (exact) mass is 253 g/mol. The van der Waals surface area contributed by atoms with Crippen molar-refractivity contribution >= 4 is 5.84 Å². The van der Waals surface area contributed by atoms with Gasteiger partial charge in [0.25, 0.3) is 0 Å². The van der Waals surface area contributed by atoms with Gasteiger partial charge in [0, 0.05) is 5.41 Å². The van der Waals surface area contributed by atoms with Crippen LogP contribution in [0.25, 0.3) is 0 Å². The summed E-state index contributed by atoms with van der Waals surface area (Å²) in [4.78, 5) is 0. The Morgan fingerprint density at radius 2 is 1.67 bits per heavy atom. The first-order chi connectivity index (χ1) is 8.73. The molecule has 1 heterocycles. The van der Waals surface area contributed by atoms with Crippen LogP contribution in [0, 0.1) is 5.41 Å². The molecule has 0 aromatic carbocycles. The third-order valence-corrected chi connectivity index (χ3v) is 4.01. The van der Waals surface area contributed by atoms with Gasteiger partial charge in [0.1, 0.15) is 12.5 Å². The van der Waals surface area contributed by atoms with E-state index >= 15 is 0 Å². The van der Waals surface area contributed by atoms with Crippen LogP contribution in [0.3, 0.4) is 0 Å². The molecule has 0 bridgehead atoms. The molecule has 18 heavy (non-hydrogen) atoms. The molecule has 1 atom stereocenters. The average molecular weight is 253 g/mol. The Balaban J connectivity index is 2.39. The first-order valence-electron chi connectivity index (χ1n) is 7.78. The number of hydrogen-bond donors (Lipinski definition) is 2. The molecule has 0 fully saturated rings. The lowest BCUT2D eigenvalue weighted by Crippen LogP contribution is -2.36. The standard InChI is InChI=1S/C15H31N3/c1-4-6-8-9-10-12-15(3,11-7-5-2)14-16-13-17-18-14/h17H,4-13H2,1-3H3,(H,16,18). The summed E-state index contributed by atoms with van der Waals surface area (Å²) >= 11 is 0. The molecule has 1 aliphatic heterocycles. The second-order valence-corrected chi connectivity index (χ2v) is 5.80. The van der Waals surface area contributed by atoms with Crippen molar-refractivity contribution in [3.63, 3.8) is 0 Å². The Morgan fingerprint density at radius 3 is 2.28 bits per heavy atom. The fraction of sp³-hybridized carbons (Fsp3) is 0.933. The van der Waals surface area contributed by atoms with Gasteiger partial charge in [0.15, 0.2) is 0 Å². The normalized spacial score (nSPS) is 17.8. The molecule has 0 aromatic heterocycles. The van der Waals surface area contributed by atoms with Crippen LogP contribution in [0.4, 0.5) is 0 Å². The number of hydrogen-bond acceptors (Lipinski definition) is 3. The Morgan fingerprint density at radius 1 is 1.00 bits per heavy atom. The highest BCUT2D eigenvalue weighted by Crippen LogP contribution is 2.32. The number of rotatable bonds is 10. The number of nitrogens with zero attached hydrogens (tertiary/aromatic N) is 1. The maximum absolute atomic E-state index is 4.43. The van der Waals surface area contributed by atoms with Crippen LogP contribution in [-0.4, -0.2) is 12.5 Å². The van der Waals surface area contributed by atoms with Crippen molar-refractivity contribution in [3.05, 3.63) is 0 Å². The zero-order chi connectivity index (χ0) is 13.3. The van der Waals surface area contributed by atoms with Gasteiger partial charge < -0.3 is 5.32 Å². The zero-order valence-electron chi connectivity index (χ0n) is 12.5. The minimum absolute atomic E-state index is 0.256. The highest BCUT2D eigenvalue weighted by Gasteiger charge is 2.31. The number of nitrogens with one attached hydrogen (secondary N) is 2. The van der Waals surface area contributed by atoms with E-state index in [2.05, 4.69) is 36.6 Å². The van der Waals surface area contributed by atoms with Crippen molar-refractivity contribution in [1.29, 1.82) is 0 Å². The summed E-state index contributed by atoms with van der Waals surface area (Å²) in [6.45, 7) is 7.71. The predicted molar refractivity (Wildman–Crippen MR) is 79.6 cm³/mol. The molecule has 0 aliphatic carbocycles. The molecule has 3 heteroatoms. The van der Waals surface area contributed by atoms with Gasteiger partial charge >= 0.3 is 0 Å². The van der Waals surface area contributed by atoms with Gasteiger partial charge in [-0.15, -0.1) is 0 Å². The molecule has 106 valence electrons. The quantitative estimate of drug-likeness (QED) is 0.577. The van der Waals surface area contributed by atoms with E-state index in [0.29, 0.717) is 0 Å². The highest BCUT2D eigenvalue weighted by atomic mass is 15.4. The van der Waals surface area contributed by atoms with Crippen LogP contribution in [-0.2, 0) is 0 Å². The van der Waals surface area contributed by atoms with Crippen molar-refractivity contribution in [2.24, 2.45) is 10.5 Å². The van der Waals surface area contributed by atoms with Gasteiger partial charge in [0.2, 0.25) is 0 Å². The van der Waals surface area contributed by atoms with Crippen molar-refractivity contribution in [2.75, 3.05) is 6.67 Å². The zero-order valence-corrected chi connectivity index (χ0v) is 12.5. The van der Waals surface area contributed by atoms with Gasteiger partial charge in [-0.1, -0.05) is 65.7 Å². The fourth-order valence-electron chi connectivity index (χ4n) is 2.68. The molecule has 0 saturated heterocycles. The van der Waals surface area contributed by atoms with Crippen LogP contribution < -0.4 is 10.7 Å². The summed E-state index contributed by atoms with van der Waals surface area (Å²) in [5.41, 5.74) is 3.30. The summed E-state index contributed by atoms with van der Waals surface area (Å²) in [5, 5.41) is 7.83. The summed E-state index contributed by atoms with van der Waals surface area (Å²) < 4.78 is 0. The highest BCUT2D eigenvalue weighted by molar-refractivity contribution is 5.88. The lowest BCUT2D eigenvalue weighted by atomic mass is 9.78. The van der Waals surface area contributed by atoms with E-state index in [0.717, 1.165) is 6.67 Å². The second kappa shape index (κ2) is 8.39. The molecule has 0 aromatic rings. The molecular formula is C15H31N3. The number of unbranched alkanes of at least 4 members (excludes halogenated alkanes) is 5. The fourth-order valence-corrected chi connectivity index (χ4v) is 2.68. The van der Waals surface area contributed by atoms with Crippen molar-refractivity contribution in [1.82, 2.24) is 10.7 Å². The van der Waals surface area contributed by atoms with Gasteiger partial charge in [0.05, 0.1) is 0 Å². The van der Waals surface area contributed by atoms with Crippen molar-refractivity contribution in [3.8, 4) is 0 Å². The molecule has 0 radical (unpaired) electrons. The van der Waals surface area contributed by atoms with Gasteiger partial charge in [-0.05, 0) is 12.8 Å². The Labute approximate surface area is 113 Å². The van der Waals surface area contributed by atoms with E-state index in [4.69, 9.17) is 0 Å². The minimum Gasteiger partial charge on any atom is -0.353 e. The largest absolute Gasteiger partial charge is 0.353 e. The second-order valence-electron chi connectivity index (χ2n) is 5.80. The molecular weight excluding hydrogens is 222 g/mol. The third-order valence-electron chi connectivity index (χ3n) is 4.01. The van der Waals surface area contributed by atoms with E-state index in [-0.39, 0.29) is 5.41 Å². The van der Waals surface area contributed by atoms with Crippen LogP contribution in [0.15, 0.2) is 5.10 Å². The van der Waals surface area contributed by atoms with Crippen LogP contribution in [0.2, 0.25) is 0 Å². The van der Waals surface area contributed by atoms with Crippen molar-refractivity contribution in [2.45, 2.75) is 78.6 Å². The lowest BCUT2D eigenvalue weighted by Gasteiger charge is -2.29. The van der Waals surface area contributed by atoms with Gasteiger partial charge in [-0.25, -0.2) is 0 Å². The topological polar surface area (TPSA) is 36.4 Å². The maximum atomic E-state index is 4.43. The van der Waals surface area contributed by atoms with E-state index in [1.165, 1.54) is 63.6 Å². The summed E-state index contributed by atoms with van der Waals surface area (Å²) in [7, 11) is 0. The van der Waals surface area contributed by atoms with Crippen LogP contribution in [0.5, 0.6) is 0 Å². The Hall–Kier alpha value is -0.730. The molecule has 0 amide bonds. The molecule has 3 nitrogen and oxygen atoms in total. The van der Waals surface area contributed by atoms with E-state index in [1.807, 2.05) is 0 Å². The summed E-state index contributed by atoms with van der Waals surface area (Å²) in [5.74, 6) is 1.19. The predicted octanol–water partition coefficient (Wildman–Crippen LogP) is 4.01. The first-order valence-corrected chi connectivity index (χ1v) is 7.78. The molecule has 1 rings (SSSR count). The smallest absolute Gasteiger partial charge is 0.129 e. The summed E-state index contributed by atoms with van der Waals surface area (Å²) in [6, 6.07) is 0. The van der Waals surface area contributed by atoms with E-state index in [1.54, 1.807) is 0 Å². The van der Waals surface area contributed by atoms with Crippen LogP contribution >= 0.6 is 0 Å². The lowest BCUT2D eigenvalue weighted by molar-refractivity contribution is 0.355. The SMILES string of the molecule is CCCCCCCC(C)(CCCC)C1=NNCN1. The molecule has 1 unspecified atom stereocenters. The molecule has 0 saturated carbocycles. The van der Waals surface area contributed by atoms with E-state index in [9.17, 15) is 0 Å². The summed E-state index contributed by atoms with van der Waals surface area (Å²) in [6.07, 6.45) is 11.9. The number of hydrazone groups is 1. The van der Waals surface area contributed by atoms with Gasteiger partial charge in [-0.2, -0.15) is 5.10 Å². The van der Waals surface area contributed by atoms with Crippen molar-refractivity contribution < 1.29 is 0 Å². The first kappa shape index (κ1) is 15.3. The van der Waals surface area contributed by atoms with Crippen LogP contribution in [0.1, 0.15) is 78.6 Å².